The monoisotopic (exact) mass is 385 g/mol. The van der Waals surface area contributed by atoms with E-state index in [0.717, 1.165) is 12.8 Å². The second-order valence-corrected chi connectivity index (χ2v) is 7.44. The Hall–Kier alpha value is -2.62. The Morgan fingerprint density at radius 1 is 1.19 bits per heavy atom. The van der Waals surface area contributed by atoms with E-state index in [1.807, 2.05) is 0 Å². The Morgan fingerprint density at radius 2 is 1.85 bits per heavy atom. The summed E-state index contributed by atoms with van der Waals surface area (Å²) >= 11 is 0. The molecule has 0 radical (unpaired) electrons. The van der Waals surface area contributed by atoms with Crippen LogP contribution in [-0.2, 0) is 10.0 Å². The summed E-state index contributed by atoms with van der Waals surface area (Å²) in [5.74, 6) is -0.319. The number of likely N-dealkylation sites (tertiary alicyclic amines) is 1. The number of aromatic amines is 1. The van der Waals surface area contributed by atoms with Crippen molar-refractivity contribution < 1.29 is 26.7 Å². The predicted molar refractivity (Wildman–Crippen MR) is 89.8 cm³/mol. The fraction of sp³-hybridized carbons (Fsp3) is 0.312. The van der Waals surface area contributed by atoms with Gasteiger partial charge in [0.05, 0.1) is 0 Å². The molecular formula is C16H17F2N3O4S. The molecule has 1 aliphatic heterocycles. The van der Waals surface area contributed by atoms with Crippen LogP contribution >= 0.6 is 0 Å². The Morgan fingerprint density at radius 3 is 2.46 bits per heavy atom. The van der Waals surface area contributed by atoms with Crippen LogP contribution in [0.2, 0.25) is 0 Å². The number of nitrogens with one attached hydrogen (secondary N) is 2. The number of rotatable bonds is 6. The number of H-pyrrole nitrogens is 1. The number of carbonyl (C=O) groups excluding carboxylic acids is 1. The molecule has 2 heterocycles. The number of hydrogen-bond donors (Lipinski definition) is 2. The van der Waals surface area contributed by atoms with Crippen molar-refractivity contribution in [2.24, 2.45) is 0 Å². The number of ether oxygens (including phenoxy) is 1. The van der Waals surface area contributed by atoms with Gasteiger partial charge in [0.25, 0.3) is 15.9 Å². The average molecular weight is 385 g/mol. The molecule has 2 aromatic rings. The summed E-state index contributed by atoms with van der Waals surface area (Å²) in [6.45, 7) is -1.64. The summed E-state index contributed by atoms with van der Waals surface area (Å²) in [7, 11) is -3.93. The van der Waals surface area contributed by atoms with Crippen LogP contribution in [0.15, 0.2) is 41.4 Å². The summed E-state index contributed by atoms with van der Waals surface area (Å²) < 4.78 is 55.6. The van der Waals surface area contributed by atoms with Crippen molar-refractivity contribution in [3.05, 3.63) is 42.2 Å². The Bertz CT molecular complexity index is 875. The van der Waals surface area contributed by atoms with Crippen molar-refractivity contribution >= 4 is 21.6 Å². The van der Waals surface area contributed by atoms with Crippen molar-refractivity contribution in [1.29, 1.82) is 0 Å². The van der Waals surface area contributed by atoms with Gasteiger partial charge < -0.3 is 14.6 Å². The molecular weight excluding hydrogens is 368 g/mol. The minimum atomic E-state index is -3.93. The smallest absolute Gasteiger partial charge is 0.387 e. The van der Waals surface area contributed by atoms with Crippen molar-refractivity contribution in [1.82, 2.24) is 9.88 Å². The Balaban J connectivity index is 1.71. The van der Waals surface area contributed by atoms with Crippen molar-refractivity contribution in [3.8, 4) is 5.75 Å². The van der Waals surface area contributed by atoms with E-state index in [-0.39, 0.29) is 27.9 Å². The molecule has 0 atom stereocenters. The molecule has 1 amide bonds. The summed E-state index contributed by atoms with van der Waals surface area (Å²) in [5.41, 5.74) is 0.383. The molecule has 140 valence electrons. The van der Waals surface area contributed by atoms with Gasteiger partial charge in [-0.25, -0.2) is 8.42 Å². The molecule has 0 unspecified atom stereocenters. The Kier molecular flexibility index (Phi) is 5.12. The van der Waals surface area contributed by atoms with Crippen LogP contribution in [-0.4, -0.2) is 43.9 Å². The normalized spacial score (nSPS) is 14.7. The van der Waals surface area contributed by atoms with Gasteiger partial charge in [-0.05, 0) is 43.2 Å². The number of benzene rings is 1. The first-order valence-corrected chi connectivity index (χ1v) is 9.39. The number of amides is 1. The van der Waals surface area contributed by atoms with Crippen molar-refractivity contribution in [2.45, 2.75) is 24.3 Å². The molecule has 26 heavy (non-hydrogen) atoms. The highest BCUT2D eigenvalue weighted by atomic mass is 32.2. The molecule has 7 nitrogen and oxygen atoms in total. The zero-order chi connectivity index (χ0) is 18.7. The topological polar surface area (TPSA) is 91.5 Å². The number of hydrogen-bond acceptors (Lipinski definition) is 4. The summed E-state index contributed by atoms with van der Waals surface area (Å²) in [4.78, 5) is 16.5. The molecule has 3 rings (SSSR count). The third-order valence-electron chi connectivity index (χ3n) is 3.92. The number of anilines is 1. The van der Waals surface area contributed by atoms with E-state index in [4.69, 9.17) is 0 Å². The lowest BCUT2D eigenvalue weighted by Gasteiger charge is -2.13. The van der Waals surface area contributed by atoms with Crippen molar-refractivity contribution in [3.63, 3.8) is 0 Å². The molecule has 10 heteroatoms. The SMILES string of the molecule is O=C(c1cc(S(=O)(=O)Nc2ccc(OC(F)F)cc2)c[nH]1)N1CCCC1. The maximum absolute atomic E-state index is 12.4. The van der Waals surface area contributed by atoms with E-state index in [9.17, 15) is 22.0 Å². The van der Waals surface area contributed by atoms with E-state index in [0.29, 0.717) is 13.1 Å². The van der Waals surface area contributed by atoms with Gasteiger partial charge in [0.2, 0.25) is 0 Å². The highest BCUT2D eigenvalue weighted by Gasteiger charge is 2.23. The largest absolute Gasteiger partial charge is 0.435 e. The number of aromatic nitrogens is 1. The van der Waals surface area contributed by atoms with Gasteiger partial charge >= 0.3 is 6.61 Å². The lowest BCUT2D eigenvalue weighted by Crippen LogP contribution is -2.27. The molecule has 1 aromatic carbocycles. The summed E-state index contributed by atoms with van der Waals surface area (Å²) in [6.07, 6.45) is 3.11. The average Bonchev–Trinajstić information content (AvgIpc) is 3.27. The van der Waals surface area contributed by atoms with E-state index in [2.05, 4.69) is 14.4 Å². The number of alkyl halides is 2. The van der Waals surface area contributed by atoms with Crippen LogP contribution in [0.25, 0.3) is 0 Å². The maximum atomic E-state index is 12.4. The van der Waals surface area contributed by atoms with Crippen molar-refractivity contribution in [2.75, 3.05) is 17.8 Å². The first kappa shape index (κ1) is 18.2. The standard InChI is InChI=1S/C16H17F2N3O4S/c17-16(18)25-12-5-3-11(4-6-12)20-26(23,24)13-9-14(19-10-13)15(22)21-7-1-2-8-21/h3-6,9-10,16,19-20H,1-2,7-8H2. The van der Waals surface area contributed by atoms with Crippen LogP contribution in [0.1, 0.15) is 23.3 Å². The van der Waals surface area contributed by atoms with E-state index in [1.165, 1.54) is 36.5 Å². The highest BCUT2D eigenvalue weighted by molar-refractivity contribution is 7.92. The first-order valence-electron chi connectivity index (χ1n) is 7.90. The molecule has 0 bridgehead atoms. The van der Waals surface area contributed by atoms with Gasteiger partial charge in [0, 0.05) is 25.0 Å². The third kappa shape index (κ3) is 4.13. The van der Waals surface area contributed by atoms with E-state index < -0.39 is 16.6 Å². The quantitative estimate of drug-likeness (QED) is 0.800. The minimum Gasteiger partial charge on any atom is -0.435 e. The van der Waals surface area contributed by atoms with Gasteiger partial charge in [-0.2, -0.15) is 8.78 Å². The summed E-state index contributed by atoms with van der Waals surface area (Å²) in [5, 5.41) is 0. The van der Waals surface area contributed by atoms with Gasteiger partial charge in [-0.15, -0.1) is 0 Å². The predicted octanol–water partition coefficient (Wildman–Crippen LogP) is 2.65. The molecule has 1 aliphatic rings. The lowest BCUT2D eigenvalue weighted by molar-refractivity contribution is -0.0498. The lowest BCUT2D eigenvalue weighted by atomic mass is 10.3. The molecule has 1 fully saturated rings. The third-order valence-corrected chi connectivity index (χ3v) is 5.28. The van der Waals surface area contributed by atoms with Crippen LogP contribution in [0.3, 0.4) is 0 Å². The number of halogens is 2. The van der Waals surface area contributed by atoms with Gasteiger partial charge in [-0.3, -0.25) is 9.52 Å². The van der Waals surface area contributed by atoms with Gasteiger partial charge in [-0.1, -0.05) is 0 Å². The first-order chi connectivity index (χ1) is 12.3. The number of sulfonamides is 1. The minimum absolute atomic E-state index is 0.0805. The zero-order valence-corrected chi connectivity index (χ0v) is 14.4. The van der Waals surface area contributed by atoms with E-state index >= 15 is 0 Å². The van der Waals surface area contributed by atoms with Gasteiger partial charge in [0.1, 0.15) is 16.3 Å². The summed E-state index contributed by atoms with van der Waals surface area (Å²) in [6, 6.07) is 6.33. The molecule has 0 saturated carbocycles. The number of carbonyl (C=O) groups is 1. The fourth-order valence-electron chi connectivity index (χ4n) is 2.66. The van der Waals surface area contributed by atoms with Gasteiger partial charge in [0.15, 0.2) is 0 Å². The highest BCUT2D eigenvalue weighted by Crippen LogP contribution is 2.22. The maximum Gasteiger partial charge on any atom is 0.387 e. The second kappa shape index (κ2) is 7.32. The van der Waals surface area contributed by atoms with Crippen LogP contribution in [0.5, 0.6) is 5.75 Å². The number of nitrogens with zero attached hydrogens (tertiary/aromatic N) is 1. The van der Waals surface area contributed by atoms with Crippen LogP contribution in [0.4, 0.5) is 14.5 Å². The van der Waals surface area contributed by atoms with Crippen LogP contribution in [0, 0.1) is 0 Å². The molecule has 2 N–H and O–H groups in total. The molecule has 0 spiro atoms. The second-order valence-electron chi connectivity index (χ2n) is 5.76. The fourth-order valence-corrected chi connectivity index (χ4v) is 3.71. The molecule has 1 aromatic heterocycles. The van der Waals surface area contributed by atoms with Crippen LogP contribution < -0.4 is 9.46 Å². The zero-order valence-electron chi connectivity index (χ0n) is 13.6. The molecule has 0 aliphatic carbocycles. The van der Waals surface area contributed by atoms with E-state index in [1.54, 1.807) is 4.90 Å². The Labute approximate surface area is 149 Å². The molecule has 1 saturated heterocycles.